The number of hydrogen-bond acceptors (Lipinski definition) is 4. The van der Waals surface area contributed by atoms with E-state index in [2.05, 4.69) is 57.7 Å². The maximum Gasteiger partial charge on any atom is 0.178 e. The first kappa shape index (κ1) is 15.0. The molecular weight excluding hydrogens is 322 g/mol. The summed E-state index contributed by atoms with van der Waals surface area (Å²) in [5, 5.41) is 6.02. The van der Waals surface area contributed by atoms with Crippen LogP contribution in [-0.4, -0.2) is 9.97 Å². The normalized spacial score (nSPS) is 18.9. The Bertz CT molecular complexity index is 1050. The molecule has 0 bridgehead atoms. The van der Waals surface area contributed by atoms with Crippen LogP contribution in [0.25, 0.3) is 10.8 Å². The third kappa shape index (κ3) is 2.52. The minimum Gasteiger partial charge on any atom is -0.471 e. The van der Waals surface area contributed by atoms with Gasteiger partial charge in [0, 0.05) is 35.9 Å². The minimum atomic E-state index is -0.262. The zero-order valence-electron chi connectivity index (χ0n) is 14.0. The summed E-state index contributed by atoms with van der Waals surface area (Å²) in [4.78, 5) is 8.55. The summed E-state index contributed by atoms with van der Waals surface area (Å²) in [6.07, 6.45) is 7.05. The highest BCUT2D eigenvalue weighted by molar-refractivity contribution is 5.89. The molecule has 5 rings (SSSR count). The number of rotatable bonds is 2. The van der Waals surface area contributed by atoms with Gasteiger partial charge in [-0.1, -0.05) is 42.5 Å². The fourth-order valence-corrected chi connectivity index (χ4v) is 3.58. The van der Waals surface area contributed by atoms with Crippen LogP contribution in [0.2, 0.25) is 0 Å². The van der Waals surface area contributed by atoms with E-state index in [-0.39, 0.29) is 12.3 Å². The average molecular weight is 339 g/mol. The molecule has 0 saturated carbocycles. The quantitative estimate of drug-likeness (QED) is 0.588. The topological polar surface area (TPSA) is 47.0 Å². The number of aromatic nitrogens is 2. The second-order valence-corrected chi connectivity index (χ2v) is 6.37. The van der Waals surface area contributed by atoms with E-state index in [1.54, 1.807) is 12.4 Å². The van der Waals surface area contributed by atoms with Gasteiger partial charge in [0.1, 0.15) is 5.75 Å². The van der Waals surface area contributed by atoms with Crippen molar-refractivity contribution in [2.24, 2.45) is 0 Å². The van der Waals surface area contributed by atoms with Gasteiger partial charge in [-0.25, -0.2) is 0 Å². The summed E-state index contributed by atoms with van der Waals surface area (Å²) in [6.45, 7) is 0. The van der Waals surface area contributed by atoms with Gasteiger partial charge in [-0.3, -0.25) is 15.3 Å². The summed E-state index contributed by atoms with van der Waals surface area (Å²) in [6, 6.07) is 20.6. The standard InChI is InChI=1S/C22H17N3O/c1-2-8-18-15(5-1)9-10-19-20(18)21(16-6-3-11-23-13-16)25-22(26-19)17-7-4-12-24-14-17/h1-14,21-22,25H. The molecule has 0 spiro atoms. The third-order valence-corrected chi connectivity index (χ3v) is 4.79. The SMILES string of the molecule is c1cncc(C2NC(c3cccnc3)c3c(ccc4ccccc34)O2)c1. The molecule has 0 amide bonds. The van der Waals surface area contributed by atoms with Crippen molar-refractivity contribution < 1.29 is 4.74 Å². The van der Waals surface area contributed by atoms with Gasteiger partial charge < -0.3 is 4.74 Å². The van der Waals surface area contributed by atoms with E-state index in [1.807, 2.05) is 30.6 Å². The van der Waals surface area contributed by atoms with Crippen LogP contribution in [0.4, 0.5) is 0 Å². The lowest BCUT2D eigenvalue weighted by atomic mass is 9.92. The Labute approximate surface area is 151 Å². The lowest BCUT2D eigenvalue weighted by molar-refractivity contribution is 0.133. The molecule has 26 heavy (non-hydrogen) atoms. The Morgan fingerprint density at radius 1 is 0.769 bits per heavy atom. The number of pyridine rings is 2. The molecule has 4 aromatic rings. The fourth-order valence-electron chi connectivity index (χ4n) is 3.58. The first-order valence-corrected chi connectivity index (χ1v) is 8.64. The van der Waals surface area contributed by atoms with Crippen LogP contribution in [0, 0.1) is 0 Å². The van der Waals surface area contributed by atoms with E-state index in [0.29, 0.717) is 0 Å². The second-order valence-electron chi connectivity index (χ2n) is 6.37. The van der Waals surface area contributed by atoms with Gasteiger partial charge in [0.2, 0.25) is 0 Å². The van der Waals surface area contributed by atoms with Crippen LogP contribution in [0.3, 0.4) is 0 Å². The largest absolute Gasteiger partial charge is 0.471 e. The van der Waals surface area contributed by atoms with Gasteiger partial charge in [0.05, 0.1) is 6.04 Å². The van der Waals surface area contributed by atoms with Crippen molar-refractivity contribution in [3.63, 3.8) is 0 Å². The molecule has 2 aromatic carbocycles. The Morgan fingerprint density at radius 3 is 2.31 bits per heavy atom. The van der Waals surface area contributed by atoms with E-state index in [1.165, 1.54) is 10.8 Å². The van der Waals surface area contributed by atoms with E-state index in [9.17, 15) is 0 Å². The molecule has 0 aliphatic carbocycles. The summed E-state index contributed by atoms with van der Waals surface area (Å²) in [7, 11) is 0. The summed E-state index contributed by atoms with van der Waals surface area (Å²) in [5.41, 5.74) is 3.26. The molecule has 0 saturated heterocycles. The lowest BCUT2D eigenvalue weighted by Gasteiger charge is -2.34. The highest BCUT2D eigenvalue weighted by atomic mass is 16.5. The number of benzene rings is 2. The highest BCUT2D eigenvalue weighted by Crippen LogP contribution is 2.42. The molecule has 1 aliphatic rings. The van der Waals surface area contributed by atoms with Gasteiger partial charge in [0.15, 0.2) is 6.23 Å². The number of fused-ring (bicyclic) bond motifs is 3. The van der Waals surface area contributed by atoms with Gasteiger partial charge in [-0.15, -0.1) is 0 Å². The summed E-state index contributed by atoms with van der Waals surface area (Å²) < 4.78 is 6.31. The Hall–Kier alpha value is -3.24. The van der Waals surface area contributed by atoms with Crippen LogP contribution in [0.5, 0.6) is 5.75 Å². The van der Waals surface area contributed by atoms with Crippen molar-refractivity contribution in [1.29, 1.82) is 0 Å². The smallest absolute Gasteiger partial charge is 0.178 e. The minimum absolute atomic E-state index is 0.0104. The number of ether oxygens (including phenoxy) is 1. The molecule has 2 aromatic heterocycles. The fraction of sp³-hybridized carbons (Fsp3) is 0.0909. The Morgan fingerprint density at radius 2 is 1.54 bits per heavy atom. The van der Waals surface area contributed by atoms with E-state index < -0.39 is 0 Å². The molecule has 1 N–H and O–H groups in total. The molecule has 0 radical (unpaired) electrons. The second kappa shape index (κ2) is 6.24. The molecule has 0 fully saturated rings. The van der Waals surface area contributed by atoms with Gasteiger partial charge >= 0.3 is 0 Å². The number of hydrogen-bond donors (Lipinski definition) is 1. The summed E-state index contributed by atoms with van der Waals surface area (Å²) >= 11 is 0. The van der Waals surface area contributed by atoms with Crippen LogP contribution < -0.4 is 10.1 Å². The number of nitrogens with one attached hydrogen (secondary N) is 1. The molecule has 4 nitrogen and oxygen atoms in total. The zero-order chi connectivity index (χ0) is 17.3. The summed E-state index contributed by atoms with van der Waals surface area (Å²) in [5.74, 6) is 0.894. The monoisotopic (exact) mass is 339 g/mol. The highest BCUT2D eigenvalue weighted by Gasteiger charge is 2.31. The van der Waals surface area contributed by atoms with Crippen LogP contribution in [0.15, 0.2) is 85.5 Å². The predicted molar refractivity (Wildman–Crippen MR) is 101 cm³/mol. The van der Waals surface area contributed by atoms with Crippen molar-refractivity contribution in [3.8, 4) is 5.75 Å². The van der Waals surface area contributed by atoms with Gasteiger partial charge in [0.25, 0.3) is 0 Å². The maximum atomic E-state index is 6.31. The zero-order valence-corrected chi connectivity index (χ0v) is 14.0. The van der Waals surface area contributed by atoms with Crippen molar-refractivity contribution in [2.75, 3.05) is 0 Å². The molecular formula is C22H17N3O. The van der Waals surface area contributed by atoms with Gasteiger partial charge in [-0.2, -0.15) is 0 Å². The number of nitrogens with zero attached hydrogens (tertiary/aromatic N) is 2. The molecule has 126 valence electrons. The maximum absolute atomic E-state index is 6.31. The van der Waals surface area contributed by atoms with E-state index in [0.717, 1.165) is 22.4 Å². The third-order valence-electron chi connectivity index (χ3n) is 4.79. The van der Waals surface area contributed by atoms with Crippen LogP contribution >= 0.6 is 0 Å². The van der Waals surface area contributed by atoms with E-state index in [4.69, 9.17) is 4.74 Å². The molecule has 2 unspecified atom stereocenters. The van der Waals surface area contributed by atoms with Crippen LogP contribution in [-0.2, 0) is 0 Å². The first-order valence-electron chi connectivity index (χ1n) is 8.64. The molecule has 3 heterocycles. The van der Waals surface area contributed by atoms with Crippen molar-refractivity contribution in [1.82, 2.24) is 15.3 Å². The van der Waals surface area contributed by atoms with Gasteiger partial charge in [-0.05, 0) is 34.5 Å². The first-order chi connectivity index (χ1) is 12.9. The molecule has 4 heteroatoms. The average Bonchev–Trinajstić information content (AvgIpc) is 2.74. The molecule has 2 atom stereocenters. The lowest BCUT2D eigenvalue weighted by Crippen LogP contribution is -2.35. The van der Waals surface area contributed by atoms with E-state index >= 15 is 0 Å². The van der Waals surface area contributed by atoms with Crippen LogP contribution in [0.1, 0.15) is 29.0 Å². The van der Waals surface area contributed by atoms with Crippen molar-refractivity contribution in [2.45, 2.75) is 12.3 Å². The molecule has 1 aliphatic heterocycles. The Kier molecular flexibility index (Phi) is 3.61. The predicted octanol–water partition coefficient (Wildman–Crippen LogP) is 4.40. The van der Waals surface area contributed by atoms with Crippen molar-refractivity contribution in [3.05, 3.63) is 102 Å². The Balaban J connectivity index is 1.70. The van der Waals surface area contributed by atoms with Crippen molar-refractivity contribution >= 4 is 10.8 Å².